The van der Waals surface area contributed by atoms with Crippen LogP contribution in [-0.4, -0.2) is 43.5 Å². The molecule has 0 amide bonds. The highest BCUT2D eigenvalue weighted by Crippen LogP contribution is 2.27. The largest absolute Gasteiger partial charge is 0.497 e. The molecule has 0 aliphatic carbocycles. The number of rotatable bonds is 4. The molecule has 104 valence electrons. The van der Waals surface area contributed by atoms with Gasteiger partial charge in [0.05, 0.1) is 12.0 Å². The van der Waals surface area contributed by atoms with Gasteiger partial charge in [-0.25, -0.2) is 8.42 Å². The van der Waals surface area contributed by atoms with Gasteiger partial charge >= 0.3 is 5.97 Å². The minimum absolute atomic E-state index is 0.0556. The molecule has 1 atom stereocenters. The third-order valence-corrected chi connectivity index (χ3v) is 5.04. The van der Waals surface area contributed by atoms with Gasteiger partial charge in [-0.15, -0.1) is 0 Å². The number of sulfonamides is 1. The van der Waals surface area contributed by atoms with Crippen LogP contribution >= 0.6 is 0 Å². The van der Waals surface area contributed by atoms with Crippen LogP contribution in [0.3, 0.4) is 0 Å². The van der Waals surface area contributed by atoms with E-state index in [-0.39, 0.29) is 11.4 Å². The average molecular weight is 285 g/mol. The first-order valence-corrected chi connectivity index (χ1v) is 7.29. The lowest BCUT2D eigenvalue weighted by molar-refractivity contribution is -0.140. The van der Waals surface area contributed by atoms with Crippen molar-refractivity contribution in [3.8, 4) is 5.75 Å². The number of carbonyl (C=O) groups is 1. The van der Waals surface area contributed by atoms with Crippen LogP contribution in [0.2, 0.25) is 0 Å². The number of carboxylic acids is 1. The third-order valence-electron chi connectivity index (χ3n) is 3.14. The first kappa shape index (κ1) is 13.8. The Labute approximate surface area is 111 Å². The van der Waals surface area contributed by atoms with E-state index in [1.165, 1.54) is 19.2 Å². The van der Waals surface area contributed by atoms with Crippen molar-refractivity contribution in [1.82, 2.24) is 4.31 Å². The average Bonchev–Trinajstić information content (AvgIpc) is 2.89. The minimum atomic E-state index is -3.79. The fourth-order valence-corrected chi connectivity index (χ4v) is 3.86. The molecule has 1 fully saturated rings. The van der Waals surface area contributed by atoms with E-state index >= 15 is 0 Å². The minimum Gasteiger partial charge on any atom is -0.497 e. The van der Waals surface area contributed by atoms with Gasteiger partial charge in [0.2, 0.25) is 10.0 Å². The molecule has 0 radical (unpaired) electrons. The highest BCUT2D eigenvalue weighted by Gasteiger charge is 2.39. The zero-order valence-corrected chi connectivity index (χ0v) is 11.3. The maximum absolute atomic E-state index is 12.4. The number of nitrogens with zero attached hydrogens (tertiary/aromatic N) is 1. The maximum atomic E-state index is 12.4. The Morgan fingerprint density at radius 2 is 2.21 bits per heavy atom. The number of methoxy groups -OCH3 is 1. The van der Waals surface area contributed by atoms with Gasteiger partial charge in [0.1, 0.15) is 11.8 Å². The molecule has 0 bridgehead atoms. The van der Waals surface area contributed by atoms with Crippen molar-refractivity contribution >= 4 is 16.0 Å². The zero-order valence-electron chi connectivity index (χ0n) is 10.4. The van der Waals surface area contributed by atoms with Gasteiger partial charge in [0.15, 0.2) is 0 Å². The van der Waals surface area contributed by atoms with Crippen molar-refractivity contribution in [3.63, 3.8) is 0 Å². The van der Waals surface area contributed by atoms with Gasteiger partial charge in [0.25, 0.3) is 0 Å². The maximum Gasteiger partial charge on any atom is 0.322 e. The fourth-order valence-electron chi connectivity index (χ4n) is 2.17. The monoisotopic (exact) mass is 285 g/mol. The Morgan fingerprint density at radius 3 is 2.84 bits per heavy atom. The molecule has 1 aromatic carbocycles. The summed E-state index contributed by atoms with van der Waals surface area (Å²) in [5.74, 6) is -0.684. The summed E-state index contributed by atoms with van der Waals surface area (Å²) in [6, 6.07) is 5.06. The Balaban J connectivity index is 2.38. The Bertz CT molecular complexity index is 584. The number of hydrogen-bond donors (Lipinski definition) is 1. The Morgan fingerprint density at radius 1 is 1.47 bits per heavy atom. The molecule has 1 N–H and O–H groups in total. The van der Waals surface area contributed by atoms with Crippen LogP contribution in [0, 0.1) is 0 Å². The van der Waals surface area contributed by atoms with Crippen LogP contribution in [0.1, 0.15) is 12.8 Å². The van der Waals surface area contributed by atoms with Gasteiger partial charge in [-0.1, -0.05) is 6.07 Å². The third kappa shape index (κ3) is 2.57. The molecule has 0 saturated carbocycles. The second-order valence-electron chi connectivity index (χ2n) is 4.29. The zero-order chi connectivity index (χ0) is 14.0. The molecule has 1 aliphatic rings. The molecule has 7 heteroatoms. The lowest BCUT2D eigenvalue weighted by Crippen LogP contribution is -2.40. The summed E-state index contributed by atoms with van der Waals surface area (Å²) in [6.07, 6.45) is 0.901. The van der Waals surface area contributed by atoms with Crippen LogP contribution in [0.15, 0.2) is 29.2 Å². The van der Waals surface area contributed by atoms with Crippen LogP contribution < -0.4 is 4.74 Å². The number of hydrogen-bond acceptors (Lipinski definition) is 4. The molecule has 1 heterocycles. The molecular weight excluding hydrogens is 270 g/mol. The molecule has 1 aromatic rings. The number of benzene rings is 1. The summed E-state index contributed by atoms with van der Waals surface area (Å²) in [4.78, 5) is 11.1. The van der Waals surface area contributed by atoms with Crippen molar-refractivity contribution in [3.05, 3.63) is 24.3 Å². The lowest BCUT2D eigenvalue weighted by Gasteiger charge is -2.21. The molecule has 0 spiro atoms. The summed E-state index contributed by atoms with van der Waals surface area (Å²) >= 11 is 0. The predicted molar refractivity (Wildman–Crippen MR) is 67.5 cm³/mol. The van der Waals surface area contributed by atoms with Gasteiger partial charge < -0.3 is 9.84 Å². The fraction of sp³-hybridized carbons (Fsp3) is 0.417. The van der Waals surface area contributed by atoms with E-state index in [1.807, 2.05) is 0 Å². The Kier molecular flexibility index (Phi) is 3.77. The predicted octanol–water partition coefficient (Wildman–Crippen LogP) is 0.933. The van der Waals surface area contributed by atoms with Gasteiger partial charge in [-0.05, 0) is 25.0 Å². The SMILES string of the molecule is COc1cccc(S(=O)(=O)N2CCCC2C(=O)O)c1. The van der Waals surface area contributed by atoms with Crippen LogP contribution in [0.25, 0.3) is 0 Å². The van der Waals surface area contributed by atoms with E-state index in [0.717, 1.165) is 4.31 Å². The van der Waals surface area contributed by atoms with Crippen molar-refractivity contribution in [2.75, 3.05) is 13.7 Å². The van der Waals surface area contributed by atoms with E-state index in [9.17, 15) is 13.2 Å². The molecule has 1 saturated heterocycles. The standard InChI is InChI=1S/C12H15NO5S/c1-18-9-4-2-5-10(8-9)19(16,17)13-7-3-6-11(13)12(14)15/h2,4-5,8,11H,3,6-7H2,1H3,(H,14,15). The molecule has 6 nitrogen and oxygen atoms in total. The first-order valence-electron chi connectivity index (χ1n) is 5.85. The molecule has 19 heavy (non-hydrogen) atoms. The van der Waals surface area contributed by atoms with Gasteiger partial charge in [-0.3, -0.25) is 4.79 Å². The van der Waals surface area contributed by atoms with E-state index in [2.05, 4.69) is 0 Å². The summed E-state index contributed by atoms with van der Waals surface area (Å²) in [5.41, 5.74) is 0. The number of carboxylic acid groups (broad SMARTS) is 1. The highest BCUT2D eigenvalue weighted by atomic mass is 32.2. The molecule has 1 aliphatic heterocycles. The summed E-state index contributed by atoms with van der Waals surface area (Å²) in [7, 11) is -2.35. The van der Waals surface area contributed by atoms with Crippen molar-refractivity contribution in [2.45, 2.75) is 23.8 Å². The highest BCUT2D eigenvalue weighted by molar-refractivity contribution is 7.89. The number of ether oxygens (including phenoxy) is 1. The molecule has 0 aromatic heterocycles. The van der Waals surface area contributed by atoms with Crippen LogP contribution in [-0.2, 0) is 14.8 Å². The summed E-state index contributed by atoms with van der Waals surface area (Å²) < 4.78 is 30.9. The Hall–Kier alpha value is -1.60. The second-order valence-corrected chi connectivity index (χ2v) is 6.18. The quantitative estimate of drug-likeness (QED) is 0.889. The molecule has 2 rings (SSSR count). The molecular formula is C12H15NO5S. The van der Waals surface area contributed by atoms with Crippen LogP contribution in [0.5, 0.6) is 5.75 Å². The topological polar surface area (TPSA) is 83.9 Å². The second kappa shape index (κ2) is 5.18. The van der Waals surface area contributed by atoms with E-state index in [4.69, 9.17) is 9.84 Å². The van der Waals surface area contributed by atoms with Gasteiger partial charge in [-0.2, -0.15) is 4.31 Å². The van der Waals surface area contributed by atoms with E-state index in [1.54, 1.807) is 12.1 Å². The summed E-state index contributed by atoms with van der Waals surface area (Å²) in [5, 5.41) is 9.06. The smallest absolute Gasteiger partial charge is 0.322 e. The van der Waals surface area contributed by atoms with Crippen molar-refractivity contribution < 1.29 is 23.1 Å². The van der Waals surface area contributed by atoms with Crippen molar-refractivity contribution in [2.24, 2.45) is 0 Å². The number of aliphatic carboxylic acids is 1. The summed E-state index contributed by atoms with van der Waals surface area (Å²) in [6.45, 7) is 0.233. The van der Waals surface area contributed by atoms with Gasteiger partial charge in [0, 0.05) is 12.6 Å². The molecule has 1 unspecified atom stereocenters. The normalized spacial score (nSPS) is 20.4. The van der Waals surface area contributed by atoms with E-state index < -0.39 is 22.0 Å². The van der Waals surface area contributed by atoms with Crippen LogP contribution in [0.4, 0.5) is 0 Å². The van der Waals surface area contributed by atoms with Crippen molar-refractivity contribution in [1.29, 1.82) is 0 Å². The van der Waals surface area contributed by atoms with E-state index in [0.29, 0.717) is 18.6 Å². The lowest BCUT2D eigenvalue weighted by atomic mass is 10.2. The first-order chi connectivity index (χ1) is 8.96.